The molecule has 0 saturated carbocycles. The Morgan fingerprint density at radius 3 is 2.67 bits per heavy atom. The van der Waals surface area contributed by atoms with Gasteiger partial charge in [-0.05, 0) is 17.7 Å². The normalized spacial score (nSPS) is 16.7. The minimum absolute atomic E-state index is 0.661. The summed E-state index contributed by atoms with van der Waals surface area (Å²) in [6, 6.07) is 4.21. The molecule has 0 amide bonds. The Balaban J connectivity index is 1.46. The van der Waals surface area contributed by atoms with Crippen LogP contribution in [0.2, 0.25) is 5.02 Å². The van der Waals surface area contributed by atoms with E-state index in [9.17, 15) is 0 Å². The number of nitrogens with zero attached hydrogens (tertiary/aromatic N) is 4. The Morgan fingerprint density at radius 1 is 1.22 bits per heavy atom. The second kappa shape index (κ2) is 5.08. The van der Waals surface area contributed by atoms with E-state index in [2.05, 4.69) is 27.1 Å². The highest BCUT2D eigenvalue weighted by Gasteiger charge is 2.27. The van der Waals surface area contributed by atoms with Crippen molar-refractivity contribution in [2.45, 2.75) is 12.5 Å². The highest BCUT2D eigenvalue weighted by molar-refractivity contribution is 6.30. The van der Waals surface area contributed by atoms with E-state index >= 15 is 0 Å². The van der Waals surface area contributed by atoms with Crippen molar-refractivity contribution in [3.05, 3.63) is 47.5 Å². The highest BCUT2D eigenvalue weighted by Crippen LogP contribution is 2.25. The Morgan fingerprint density at radius 2 is 2.00 bits per heavy atom. The van der Waals surface area contributed by atoms with Crippen LogP contribution in [0.15, 0.2) is 36.9 Å². The van der Waals surface area contributed by atoms with E-state index < -0.39 is 0 Å². The summed E-state index contributed by atoms with van der Waals surface area (Å²) in [7, 11) is 0. The Bertz CT molecular complexity index is 505. The van der Waals surface area contributed by atoms with Gasteiger partial charge in [-0.3, -0.25) is 9.67 Å². The zero-order valence-corrected chi connectivity index (χ0v) is 10.8. The summed E-state index contributed by atoms with van der Waals surface area (Å²) >= 11 is 5.82. The quantitative estimate of drug-likeness (QED) is 0.846. The third kappa shape index (κ3) is 2.54. The van der Waals surface area contributed by atoms with Gasteiger partial charge in [0, 0.05) is 44.1 Å². The summed E-state index contributed by atoms with van der Waals surface area (Å²) < 4.78 is 1.89. The summed E-state index contributed by atoms with van der Waals surface area (Å²) in [5.74, 6) is 0.661. The van der Waals surface area contributed by atoms with Crippen molar-refractivity contribution >= 4 is 11.6 Å². The summed E-state index contributed by atoms with van der Waals surface area (Å²) in [5.41, 5.74) is 1.39. The molecule has 0 unspecified atom stereocenters. The third-order valence-electron chi connectivity index (χ3n) is 3.38. The van der Waals surface area contributed by atoms with Gasteiger partial charge < -0.3 is 4.90 Å². The smallest absolute Gasteiger partial charge is 0.0785 e. The van der Waals surface area contributed by atoms with Crippen LogP contribution in [0.1, 0.15) is 11.5 Å². The summed E-state index contributed by atoms with van der Waals surface area (Å²) in [4.78, 5) is 6.48. The predicted molar refractivity (Wildman–Crippen MR) is 70.7 cm³/mol. The molecule has 1 aliphatic rings. The van der Waals surface area contributed by atoms with Crippen molar-refractivity contribution in [1.29, 1.82) is 0 Å². The van der Waals surface area contributed by atoms with Crippen LogP contribution in [0.4, 0.5) is 0 Å². The molecule has 3 rings (SSSR count). The number of likely N-dealkylation sites (tertiary alicyclic amines) is 1. The minimum atomic E-state index is 0.661. The molecule has 0 aliphatic carbocycles. The van der Waals surface area contributed by atoms with Crippen molar-refractivity contribution in [2.75, 3.05) is 19.6 Å². The number of aromatic nitrogens is 3. The van der Waals surface area contributed by atoms with Crippen LogP contribution >= 0.6 is 11.6 Å². The maximum atomic E-state index is 5.82. The minimum Gasteiger partial charge on any atom is -0.300 e. The molecule has 94 valence electrons. The molecule has 0 bridgehead atoms. The van der Waals surface area contributed by atoms with Gasteiger partial charge in [-0.2, -0.15) is 5.10 Å². The monoisotopic (exact) mass is 262 g/mol. The lowest BCUT2D eigenvalue weighted by Crippen LogP contribution is -2.46. The second-order valence-corrected chi connectivity index (χ2v) is 5.10. The van der Waals surface area contributed by atoms with E-state index in [1.807, 2.05) is 23.3 Å². The molecule has 18 heavy (non-hydrogen) atoms. The van der Waals surface area contributed by atoms with E-state index in [1.165, 1.54) is 5.56 Å². The van der Waals surface area contributed by atoms with Crippen LogP contribution in [0.25, 0.3) is 0 Å². The molecule has 0 atom stereocenters. The number of pyridine rings is 1. The van der Waals surface area contributed by atoms with Crippen LogP contribution in [0.5, 0.6) is 0 Å². The number of hydrogen-bond acceptors (Lipinski definition) is 3. The fourth-order valence-corrected chi connectivity index (χ4v) is 2.46. The van der Waals surface area contributed by atoms with Gasteiger partial charge in [0.15, 0.2) is 0 Å². The highest BCUT2D eigenvalue weighted by atomic mass is 35.5. The molecule has 0 spiro atoms. The Kier molecular flexibility index (Phi) is 3.30. The van der Waals surface area contributed by atoms with E-state index in [0.29, 0.717) is 10.9 Å². The van der Waals surface area contributed by atoms with Gasteiger partial charge in [0.25, 0.3) is 0 Å². The van der Waals surface area contributed by atoms with Gasteiger partial charge >= 0.3 is 0 Å². The number of rotatable bonds is 4. The van der Waals surface area contributed by atoms with E-state index in [0.717, 1.165) is 26.2 Å². The van der Waals surface area contributed by atoms with Gasteiger partial charge in [0.05, 0.1) is 17.8 Å². The second-order valence-electron chi connectivity index (χ2n) is 4.66. The van der Waals surface area contributed by atoms with Gasteiger partial charge in [-0.1, -0.05) is 11.6 Å². The van der Waals surface area contributed by atoms with Crippen molar-refractivity contribution in [3.63, 3.8) is 0 Å². The molecular formula is C13H15ClN4. The molecule has 0 aromatic carbocycles. The molecule has 2 aromatic heterocycles. The zero-order valence-electron chi connectivity index (χ0n) is 10.0. The topological polar surface area (TPSA) is 34.0 Å². The summed E-state index contributed by atoms with van der Waals surface area (Å²) in [6.45, 7) is 4.17. The number of halogens is 1. The molecule has 4 nitrogen and oxygen atoms in total. The molecule has 1 aliphatic heterocycles. The molecule has 5 heteroatoms. The van der Waals surface area contributed by atoms with Crippen molar-refractivity contribution < 1.29 is 0 Å². The van der Waals surface area contributed by atoms with E-state index in [-0.39, 0.29) is 0 Å². The molecule has 2 aromatic rings. The van der Waals surface area contributed by atoms with Crippen molar-refractivity contribution in [3.8, 4) is 0 Å². The maximum absolute atomic E-state index is 5.82. The van der Waals surface area contributed by atoms with Crippen LogP contribution in [-0.4, -0.2) is 39.3 Å². The van der Waals surface area contributed by atoms with Crippen LogP contribution in [0, 0.1) is 0 Å². The zero-order chi connectivity index (χ0) is 12.4. The number of hydrogen-bond donors (Lipinski definition) is 0. The first kappa shape index (κ1) is 11.7. The lowest BCUT2D eigenvalue weighted by molar-refractivity contribution is 0.141. The van der Waals surface area contributed by atoms with Gasteiger partial charge in [0.1, 0.15) is 0 Å². The van der Waals surface area contributed by atoms with Crippen molar-refractivity contribution in [2.24, 2.45) is 0 Å². The van der Waals surface area contributed by atoms with Gasteiger partial charge in [0.2, 0.25) is 0 Å². The molecule has 0 radical (unpaired) electrons. The molecule has 1 saturated heterocycles. The van der Waals surface area contributed by atoms with Gasteiger partial charge in [-0.15, -0.1) is 0 Å². The van der Waals surface area contributed by atoms with Gasteiger partial charge in [-0.25, -0.2) is 0 Å². The lowest BCUT2D eigenvalue weighted by Gasteiger charge is -2.39. The summed E-state index contributed by atoms with van der Waals surface area (Å²) in [6.07, 6.45) is 7.27. The molecular weight excluding hydrogens is 248 g/mol. The molecule has 0 N–H and O–H groups in total. The van der Waals surface area contributed by atoms with E-state index in [4.69, 9.17) is 11.6 Å². The lowest BCUT2D eigenvalue weighted by atomic mass is 9.92. The predicted octanol–water partition coefficient (Wildman–Crippen LogP) is 2.03. The fraction of sp³-hybridized carbons (Fsp3) is 0.385. The first-order chi connectivity index (χ1) is 8.81. The standard InChI is InChI=1S/C13H15ClN4/c14-13-7-16-18(10-13)6-5-17-8-12(9-17)11-1-3-15-4-2-11/h1-4,7,10,12H,5-6,8-9H2. The van der Waals surface area contributed by atoms with Crippen molar-refractivity contribution in [1.82, 2.24) is 19.7 Å². The van der Waals surface area contributed by atoms with Crippen LogP contribution < -0.4 is 0 Å². The Labute approximate surface area is 111 Å². The average Bonchev–Trinajstić information content (AvgIpc) is 2.74. The third-order valence-corrected chi connectivity index (χ3v) is 3.58. The fourth-order valence-electron chi connectivity index (χ4n) is 2.30. The first-order valence-electron chi connectivity index (χ1n) is 6.11. The summed E-state index contributed by atoms with van der Waals surface area (Å²) in [5, 5.41) is 4.88. The van der Waals surface area contributed by atoms with E-state index in [1.54, 1.807) is 6.20 Å². The maximum Gasteiger partial charge on any atom is 0.0785 e. The largest absolute Gasteiger partial charge is 0.300 e. The van der Waals surface area contributed by atoms with Crippen LogP contribution in [0.3, 0.4) is 0 Å². The van der Waals surface area contributed by atoms with Crippen LogP contribution in [-0.2, 0) is 6.54 Å². The molecule has 3 heterocycles. The Hall–Kier alpha value is -1.39. The average molecular weight is 263 g/mol. The first-order valence-corrected chi connectivity index (χ1v) is 6.49. The SMILES string of the molecule is Clc1cnn(CCN2CC(c3ccncc3)C2)c1. The molecule has 1 fully saturated rings.